The van der Waals surface area contributed by atoms with Gasteiger partial charge >= 0.3 is 6.18 Å². The lowest BCUT2D eigenvalue weighted by atomic mass is 9.95. The molecule has 1 saturated heterocycles. The molecule has 6 heteroatoms. The van der Waals surface area contributed by atoms with Gasteiger partial charge in [-0.05, 0) is 17.7 Å². The largest absolute Gasteiger partial charge is 0.401 e. The number of benzene rings is 1. The lowest BCUT2D eigenvalue weighted by Gasteiger charge is -2.17. The lowest BCUT2D eigenvalue weighted by Crippen LogP contribution is -2.34. The third-order valence-corrected chi connectivity index (χ3v) is 3.14. The van der Waals surface area contributed by atoms with Gasteiger partial charge in [0.05, 0.1) is 6.54 Å². The smallest absolute Gasteiger partial charge is 0.326 e. The van der Waals surface area contributed by atoms with Crippen LogP contribution in [0, 0.1) is 5.82 Å². The van der Waals surface area contributed by atoms with Crippen molar-refractivity contribution in [2.75, 3.05) is 19.6 Å². The molecule has 1 aliphatic rings. The van der Waals surface area contributed by atoms with Gasteiger partial charge in [0.25, 0.3) is 0 Å². The maximum atomic E-state index is 12.8. The Hall–Kier alpha value is -1.14. The zero-order valence-corrected chi connectivity index (χ0v) is 9.62. The summed E-state index contributed by atoms with van der Waals surface area (Å²) in [5, 5.41) is 0. The normalized spacial score (nSPS) is 25.6. The molecule has 100 valence electrons. The van der Waals surface area contributed by atoms with Crippen LogP contribution >= 0.6 is 0 Å². The Bertz CT molecular complexity index is 402. The SMILES string of the molecule is NC1CN(CC(F)(F)F)CC1c1ccc(F)cc1. The Kier molecular flexibility index (Phi) is 3.59. The van der Waals surface area contributed by atoms with Crippen molar-refractivity contribution < 1.29 is 17.6 Å². The summed E-state index contributed by atoms with van der Waals surface area (Å²) in [5.74, 6) is -0.537. The van der Waals surface area contributed by atoms with Crippen molar-refractivity contribution in [3.05, 3.63) is 35.6 Å². The third-order valence-electron chi connectivity index (χ3n) is 3.14. The first-order valence-electron chi connectivity index (χ1n) is 5.65. The van der Waals surface area contributed by atoms with Crippen LogP contribution in [0.25, 0.3) is 0 Å². The van der Waals surface area contributed by atoms with E-state index < -0.39 is 12.7 Å². The molecule has 0 aromatic heterocycles. The van der Waals surface area contributed by atoms with E-state index in [0.29, 0.717) is 0 Å². The van der Waals surface area contributed by atoms with Crippen LogP contribution in [0.1, 0.15) is 11.5 Å². The van der Waals surface area contributed by atoms with Crippen molar-refractivity contribution >= 4 is 0 Å². The Morgan fingerprint density at radius 3 is 2.33 bits per heavy atom. The van der Waals surface area contributed by atoms with Crippen molar-refractivity contribution in [2.45, 2.75) is 18.1 Å². The van der Waals surface area contributed by atoms with E-state index in [1.165, 1.54) is 17.0 Å². The van der Waals surface area contributed by atoms with Crippen LogP contribution in [0.2, 0.25) is 0 Å². The number of hydrogen-bond acceptors (Lipinski definition) is 2. The highest BCUT2D eigenvalue weighted by Crippen LogP contribution is 2.29. The summed E-state index contributed by atoms with van der Waals surface area (Å²) < 4.78 is 49.6. The van der Waals surface area contributed by atoms with Crippen LogP contribution in [0.3, 0.4) is 0 Å². The Labute approximate surface area is 102 Å². The van der Waals surface area contributed by atoms with Crippen LogP contribution in [0.15, 0.2) is 24.3 Å². The van der Waals surface area contributed by atoms with Crippen molar-refractivity contribution in [2.24, 2.45) is 5.73 Å². The first-order valence-corrected chi connectivity index (χ1v) is 5.65. The molecule has 2 rings (SSSR count). The maximum absolute atomic E-state index is 12.8. The van der Waals surface area contributed by atoms with E-state index >= 15 is 0 Å². The Morgan fingerprint density at radius 2 is 1.78 bits per heavy atom. The van der Waals surface area contributed by atoms with Crippen LogP contribution in [0.5, 0.6) is 0 Å². The standard InChI is InChI=1S/C12H14F4N2/c13-9-3-1-8(2-4-9)10-5-18(6-11(10)17)7-12(14,15)16/h1-4,10-11H,5-7,17H2. The van der Waals surface area contributed by atoms with E-state index in [1.54, 1.807) is 12.1 Å². The highest BCUT2D eigenvalue weighted by atomic mass is 19.4. The molecular formula is C12H14F4N2. The van der Waals surface area contributed by atoms with Crippen LogP contribution in [0.4, 0.5) is 17.6 Å². The average molecular weight is 262 g/mol. The quantitative estimate of drug-likeness (QED) is 0.827. The number of likely N-dealkylation sites (tertiary alicyclic amines) is 1. The minimum absolute atomic E-state index is 0.173. The summed E-state index contributed by atoms with van der Waals surface area (Å²) in [7, 11) is 0. The molecule has 2 N–H and O–H groups in total. The number of rotatable bonds is 2. The predicted octanol–water partition coefficient (Wildman–Crippen LogP) is 2.11. The minimum Gasteiger partial charge on any atom is -0.326 e. The molecule has 2 nitrogen and oxygen atoms in total. The van der Waals surface area contributed by atoms with E-state index in [4.69, 9.17) is 5.73 Å². The van der Waals surface area contributed by atoms with E-state index in [1.807, 2.05) is 0 Å². The number of halogens is 4. The molecule has 2 unspecified atom stereocenters. The van der Waals surface area contributed by atoms with Gasteiger partial charge in [0.2, 0.25) is 0 Å². The van der Waals surface area contributed by atoms with Gasteiger partial charge in [0, 0.05) is 25.0 Å². The molecule has 1 aromatic rings. The van der Waals surface area contributed by atoms with Crippen LogP contribution < -0.4 is 5.73 Å². The summed E-state index contributed by atoms with van der Waals surface area (Å²) in [6.07, 6.45) is -4.21. The fourth-order valence-electron chi connectivity index (χ4n) is 2.36. The first-order chi connectivity index (χ1) is 8.35. The topological polar surface area (TPSA) is 29.3 Å². The number of hydrogen-bond donors (Lipinski definition) is 1. The van der Waals surface area contributed by atoms with Gasteiger partial charge in [-0.3, -0.25) is 4.90 Å². The zero-order chi connectivity index (χ0) is 13.3. The molecule has 18 heavy (non-hydrogen) atoms. The van der Waals surface area contributed by atoms with E-state index in [-0.39, 0.29) is 30.9 Å². The van der Waals surface area contributed by atoms with Gasteiger partial charge in [-0.25, -0.2) is 4.39 Å². The molecule has 2 atom stereocenters. The summed E-state index contributed by atoms with van der Waals surface area (Å²) in [5.41, 5.74) is 6.64. The molecule has 1 aliphatic heterocycles. The fraction of sp³-hybridized carbons (Fsp3) is 0.500. The van der Waals surface area contributed by atoms with Gasteiger partial charge in [0.1, 0.15) is 5.82 Å². The molecule has 0 amide bonds. The van der Waals surface area contributed by atoms with Gasteiger partial charge in [-0.2, -0.15) is 13.2 Å². The summed E-state index contributed by atoms with van der Waals surface area (Å²) >= 11 is 0. The molecule has 0 bridgehead atoms. The second kappa shape index (κ2) is 4.85. The van der Waals surface area contributed by atoms with Gasteiger partial charge in [-0.15, -0.1) is 0 Å². The van der Waals surface area contributed by atoms with E-state index in [0.717, 1.165) is 5.56 Å². The summed E-state index contributed by atoms with van der Waals surface area (Å²) in [6.45, 7) is -0.480. The first kappa shape index (κ1) is 13.3. The van der Waals surface area contributed by atoms with Crippen LogP contribution in [-0.2, 0) is 0 Å². The average Bonchev–Trinajstić information content (AvgIpc) is 2.58. The van der Waals surface area contributed by atoms with Crippen molar-refractivity contribution in [1.29, 1.82) is 0 Å². The minimum atomic E-state index is -4.21. The van der Waals surface area contributed by atoms with Crippen molar-refractivity contribution in [3.63, 3.8) is 0 Å². The molecule has 0 spiro atoms. The Balaban J connectivity index is 2.05. The molecule has 1 fully saturated rings. The lowest BCUT2D eigenvalue weighted by molar-refractivity contribution is -0.143. The van der Waals surface area contributed by atoms with Gasteiger partial charge in [0.15, 0.2) is 0 Å². The fourth-order valence-corrected chi connectivity index (χ4v) is 2.36. The molecule has 1 aromatic carbocycles. The molecule has 0 aliphatic carbocycles. The highest BCUT2D eigenvalue weighted by molar-refractivity contribution is 5.24. The summed E-state index contributed by atoms with van der Waals surface area (Å²) in [6, 6.07) is 5.41. The number of nitrogens with zero attached hydrogens (tertiary/aromatic N) is 1. The zero-order valence-electron chi connectivity index (χ0n) is 9.62. The number of alkyl halides is 3. The predicted molar refractivity (Wildman–Crippen MR) is 59.6 cm³/mol. The summed E-state index contributed by atoms with van der Waals surface area (Å²) in [4.78, 5) is 1.29. The van der Waals surface area contributed by atoms with Gasteiger partial charge in [-0.1, -0.05) is 12.1 Å². The molecule has 0 saturated carbocycles. The van der Waals surface area contributed by atoms with E-state index in [2.05, 4.69) is 0 Å². The molecule has 0 radical (unpaired) electrons. The van der Waals surface area contributed by atoms with Gasteiger partial charge < -0.3 is 5.73 Å². The van der Waals surface area contributed by atoms with Crippen molar-refractivity contribution in [1.82, 2.24) is 4.90 Å². The maximum Gasteiger partial charge on any atom is 0.401 e. The third kappa shape index (κ3) is 3.20. The number of nitrogens with two attached hydrogens (primary N) is 1. The second-order valence-corrected chi connectivity index (χ2v) is 4.63. The monoisotopic (exact) mass is 262 g/mol. The molecular weight excluding hydrogens is 248 g/mol. The highest BCUT2D eigenvalue weighted by Gasteiger charge is 2.38. The van der Waals surface area contributed by atoms with E-state index in [9.17, 15) is 17.6 Å². The second-order valence-electron chi connectivity index (χ2n) is 4.63. The van der Waals surface area contributed by atoms with Crippen molar-refractivity contribution in [3.8, 4) is 0 Å². The Morgan fingerprint density at radius 1 is 1.17 bits per heavy atom. The van der Waals surface area contributed by atoms with Crippen LogP contribution in [-0.4, -0.2) is 36.8 Å². The molecule has 1 heterocycles.